The maximum absolute atomic E-state index is 11.2. The van der Waals surface area contributed by atoms with Gasteiger partial charge in [-0.25, -0.2) is 4.79 Å². The number of rotatable bonds is 5. The molecule has 0 heterocycles. The fourth-order valence-corrected chi connectivity index (χ4v) is 1.44. The Hall–Kier alpha value is -1.55. The van der Waals surface area contributed by atoms with Crippen LogP contribution in [-0.4, -0.2) is 26.2 Å². The van der Waals surface area contributed by atoms with Gasteiger partial charge in [0.2, 0.25) is 0 Å². The molecule has 0 amide bonds. The molecule has 0 aliphatic rings. The van der Waals surface area contributed by atoms with E-state index in [0.29, 0.717) is 5.75 Å². The van der Waals surface area contributed by atoms with Gasteiger partial charge in [0, 0.05) is 6.04 Å². The van der Waals surface area contributed by atoms with Gasteiger partial charge in [-0.05, 0) is 38.6 Å². The molecule has 0 radical (unpaired) electrons. The third kappa shape index (κ3) is 3.75. The summed E-state index contributed by atoms with van der Waals surface area (Å²) in [7, 11) is 3.25. The number of carbonyl (C=O) groups excluding carboxylic acids is 1. The van der Waals surface area contributed by atoms with Crippen molar-refractivity contribution in [1.29, 1.82) is 0 Å². The van der Waals surface area contributed by atoms with Crippen LogP contribution in [0.2, 0.25) is 0 Å². The largest absolute Gasteiger partial charge is 0.479 e. The molecule has 1 rings (SSSR count). The highest BCUT2D eigenvalue weighted by Crippen LogP contribution is 2.19. The van der Waals surface area contributed by atoms with E-state index in [0.717, 1.165) is 5.56 Å². The molecule has 0 spiro atoms. The first kappa shape index (κ1) is 13.5. The van der Waals surface area contributed by atoms with Gasteiger partial charge in [-0.1, -0.05) is 12.1 Å². The predicted octanol–water partition coefficient (Wildman–Crippen LogP) is 1.91. The summed E-state index contributed by atoms with van der Waals surface area (Å²) in [5.74, 6) is 0.291. The van der Waals surface area contributed by atoms with Crippen molar-refractivity contribution in [2.24, 2.45) is 0 Å². The number of esters is 1. The summed E-state index contributed by atoms with van der Waals surface area (Å²) in [6.07, 6.45) is -0.597. The van der Waals surface area contributed by atoms with E-state index >= 15 is 0 Å². The lowest BCUT2D eigenvalue weighted by molar-refractivity contribution is -0.147. The van der Waals surface area contributed by atoms with Crippen LogP contribution >= 0.6 is 0 Å². The lowest BCUT2D eigenvalue weighted by atomic mass is 10.1. The fraction of sp³-hybridized carbons (Fsp3) is 0.462. The topological polar surface area (TPSA) is 47.6 Å². The Morgan fingerprint density at radius 2 is 2.06 bits per heavy atom. The molecule has 0 aromatic heterocycles. The van der Waals surface area contributed by atoms with Crippen LogP contribution < -0.4 is 10.1 Å². The SMILES string of the molecule is CNC(C)c1cccc(OC(C)C(=O)OC)c1. The first-order valence-corrected chi connectivity index (χ1v) is 5.60. The van der Waals surface area contributed by atoms with Crippen LogP contribution in [0.5, 0.6) is 5.75 Å². The molecule has 17 heavy (non-hydrogen) atoms. The van der Waals surface area contributed by atoms with Crippen LogP contribution in [0.15, 0.2) is 24.3 Å². The summed E-state index contributed by atoms with van der Waals surface area (Å²) in [6.45, 7) is 3.73. The molecular weight excluding hydrogens is 218 g/mol. The maximum atomic E-state index is 11.2. The van der Waals surface area contributed by atoms with Crippen molar-refractivity contribution >= 4 is 5.97 Å². The van der Waals surface area contributed by atoms with E-state index in [1.165, 1.54) is 7.11 Å². The average molecular weight is 237 g/mol. The molecule has 0 bridgehead atoms. The Bertz CT molecular complexity index is 379. The first-order valence-electron chi connectivity index (χ1n) is 5.60. The summed E-state index contributed by atoms with van der Waals surface area (Å²) in [5, 5.41) is 3.15. The van der Waals surface area contributed by atoms with Crippen LogP contribution in [0.25, 0.3) is 0 Å². The van der Waals surface area contributed by atoms with Crippen molar-refractivity contribution in [1.82, 2.24) is 5.32 Å². The van der Waals surface area contributed by atoms with Gasteiger partial charge in [-0.3, -0.25) is 0 Å². The van der Waals surface area contributed by atoms with E-state index in [1.807, 2.05) is 31.3 Å². The highest BCUT2D eigenvalue weighted by Gasteiger charge is 2.15. The van der Waals surface area contributed by atoms with Crippen molar-refractivity contribution in [3.8, 4) is 5.75 Å². The highest BCUT2D eigenvalue weighted by molar-refractivity contribution is 5.74. The summed E-state index contributed by atoms with van der Waals surface area (Å²) in [5.41, 5.74) is 1.11. The zero-order valence-electron chi connectivity index (χ0n) is 10.7. The van der Waals surface area contributed by atoms with Crippen molar-refractivity contribution in [3.63, 3.8) is 0 Å². The van der Waals surface area contributed by atoms with Gasteiger partial charge in [0.25, 0.3) is 0 Å². The molecule has 0 aliphatic heterocycles. The van der Waals surface area contributed by atoms with E-state index in [9.17, 15) is 4.79 Å². The monoisotopic (exact) mass is 237 g/mol. The van der Waals surface area contributed by atoms with Crippen LogP contribution in [0, 0.1) is 0 Å². The summed E-state index contributed by atoms with van der Waals surface area (Å²) < 4.78 is 10.1. The Kier molecular flexibility index (Phi) is 4.97. The molecule has 1 aromatic rings. The minimum atomic E-state index is -0.597. The fourth-order valence-electron chi connectivity index (χ4n) is 1.44. The van der Waals surface area contributed by atoms with Gasteiger partial charge >= 0.3 is 5.97 Å². The number of nitrogens with one attached hydrogen (secondary N) is 1. The molecule has 94 valence electrons. The van der Waals surface area contributed by atoms with Crippen molar-refractivity contribution in [2.75, 3.05) is 14.2 Å². The molecule has 0 fully saturated rings. The van der Waals surface area contributed by atoms with Crippen LogP contribution in [-0.2, 0) is 9.53 Å². The molecule has 0 saturated heterocycles. The minimum Gasteiger partial charge on any atom is -0.479 e. The van der Waals surface area contributed by atoms with E-state index < -0.39 is 6.10 Å². The lowest BCUT2D eigenvalue weighted by Crippen LogP contribution is -2.25. The predicted molar refractivity (Wildman–Crippen MR) is 66.0 cm³/mol. The molecule has 2 unspecified atom stereocenters. The number of methoxy groups -OCH3 is 1. The number of ether oxygens (including phenoxy) is 2. The van der Waals surface area contributed by atoms with E-state index in [-0.39, 0.29) is 12.0 Å². The van der Waals surface area contributed by atoms with Crippen LogP contribution in [0.4, 0.5) is 0 Å². The van der Waals surface area contributed by atoms with Crippen LogP contribution in [0.1, 0.15) is 25.5 Å². The second-order valence-corrected chi connectivity index (χ2v) is 3.87. The molecule has 4 heteroatoms. The molecule has 1 N–H and O–H groups in total. The second kappa shape index (κ2) is 6.25. The Morgan fingerprint density at radius 3 is 2.65 bits per heavy atom. The molecule has 4 nitrogen and oxygen atoms in total. The molecular formula is C13H19NO3. The lowest BCUT2D eigenvalue weighted by Gasteiger charge is -2.15. The van der Waals surface area contributed by atoms with E-state index in [2.05, 4.69) is 17.0 Å². The summed E-state index contributed by atoms with van der Waals surface area (Å²) in [4.78, 5) is 11.2. The number of hydrogen-bond acceptors (Lipinski definition) is 4. The standard InChI is InChI=1S/C13H19NO3/c1-9(14-3)11-6-5-7-12(8-11)17-10(2)13(15)16-4/h5-10,14H,1-4H3. The minimum absolute atomic E-state index is 0.243. The molecule has 1 aromatic carbocycles. The van der Waals surface area contributed by atoms with Gasteiger partial charge in [0.05, 0.1) is 7.11 Å². The van der Waals surface area contributed by atoms with E-state index in [1.54, 1.807) is 6.92 Å². The van der Waals surface area contributed by atoms with Crippen LogP contribution in [0.3, 0.4) is 0 Å². The normalized spacial score (nSPS) is 13.9. The Labute approximate surface area is 102 Å². The first-order chi connectivity index (χ1) is 8.08. The maximum Gasteiger partial charge on any atom is 0.346 e. The number of carbonyl (C=O) groups is 1. The number of hydrogen-bond donors (Lipinski definition) is 1. The van der Waals surface area contributed by atoms with Gasteiger partial charge in [-0.15, -0.1) is 0 Å². The highest BCUT2D eigenvalue weighted by atomic mass is 16.6. The quantitative estimate of drug-likeness (QED) is 0.795. The van der Waals surface area contributed by atoms with Gasteiger partial charge in [0.1, 0.15) is 5.75 Å². The Morgan fingerprint density at radius 1 is 1.35 bits per heavy atom. The molecule has 0 aliphatic carbocycles. The Balaban J connectivity index is 2.75. The summed E-state index contributed by atoms with van der Waals surface area (Å²) >= 11 is 0. The average Bonchev–Trinajstić information content (AvgIpc) is 2.37. The van der Waals surface area contributed by atoms with Gasteiger partial charge < -0.3 is 14.8 Å². The molecule has 0 saturated carbocycles. The number of benzene rings is 1. The van der Waals surface area contributed by atoms with Gasteiger partial charge in [-0.2, -0.15) is 0 Å². The van der Waals surface area contributed by atoms with Crippen molar-refractivity contribution < 1.29 is 14.3 Å². The summed E-state index contributed by atoms with van der Waals surface area (Å²) in [6, 6.07) is 7.90. The molecule has 2 atom stereocenters. The van der Waals surface area contributed by atoms with Gasteiger partial charge in [0.15, 0.2) is 6.10 Å². The third-order valence-electron chi connectivity index (χ3n) is 2.64. The zero-order valence-corrected chi connectivity index (χ0v) is 10.7. The third-order valence-corrected chi connectivity index (χ3v) is 2.64. The van der Waals surface area contributed by atoms with Crippen molar-refractivity contribution in [2.45, 2.75) is 26.0 Å². The smallest absolute Gasteiger partial charge is 0.346 e. The zero-order chi connectivity index (χ0) is 12.8. The van der Waals surface area contributed by atoms with Crippen molar-refractivity contribution in [3.05, 3.63) is 29.8 Å². The van der Waals surface area contributed by atoms with E-state index in [4.69, 9.17) is 4.74 Å². The second-order valence-electron chi connectivity index (χ2n) is 3.87.